The summed E-state index contributed by atoms with van der Waals surface area (Å²) in [5, 5.41) is 0.285. The fraction of sp³-hybridized carbons (Fsp3) is 0.143. The van der Waals surface area contributed by atoms with Gasteiger partial charge in [-0.15, -0.1) is 0 Å². The van der Waals surface area contributed by atoms with Gasteiger partial charge in [0.15, 0.2) is 0 Å². The topological polar surface area (TPSA) is 72.2 Å². The first-order chi connectivity index (χ1) is 9.70. The van der Waals surface area contributed by atoms with E-state index in [-0.39, 0.29) is 21.3 Å². The maximum Gasteiger partial charge on any atom is 0.262 e. The molecule has 2 rings (SSSR count). The van der Waals surface area contributed by atoms with Crippen LogP contribution in [-0.4, -0.2) is 8.42 Å². The summed E-state index contributed by atoms with van der Waals surface area (Å²) in [7, 11) is -3.87. The first kappa shape index (κ1) is 15.6. The third-order valence-electron chi connectivity index (χ3n) is 3.01. The molecule has 112 valence electrons. The van der Waals surface area contributed by atoms with Crippen molar-refractivity contribution in [3.05, 3.63) is 52.3 Å². The molecule has 2 aromatic carbocycles. The second-order valence-electron chi connectivity index (χ2n) is 4.71. The molecular weight excluding hydrogens is 315 g/mol. The molecule has 0 fully saturated rings. The van der Waals surface area contributed by atoms with Crippen LogP contribution in [0, 0.1) is 19.7 Å². The first-order valence-corrected chi connectivity index (χ1v) is 7.91. The molecule has 0 aliphatic rings. The fourth-order valence-corrected chi connectivity index (χ4v) is 3.35. The first-order valence-electron chi connectivity index (χ1n) is 6.05. The van der Waals surface area contributed by atoms with Crippen molar-refractivity contribution in [2.45, 2.75) is 18.7 Å². The zero-order valence-corrected chi connectivity index (χ0v) is 13.0. The van der Waals surface area contributed by atoms with Crippen LogP contribution in [-0.2, 0) is 10.0 Å². The largest absolute Gasteiger partial charge is 0.397 e. The Balaban J connectivity index is 2.43. The Morgan fingerprint density at radius 2 is 1.81 bits per heavy atom. The lowest BCUT2D eigenvalue weighted by Gasteiger charge is -2.12. The number of hydrogen-bond donors (Lipinski definition) is 2. The van der Waals surface area contributed by atoms with Crippen LogP contribution in [0.25, 0.3) is 0 Å². The molecule has 4 nitrogen and oxygen atoms in total. The number of aryl methyl sites for hydroxylation is 2. The SMILES string of the molecule is Cc1ccc(NS(=O)(=O)c2cc(N)c(Cl)cc2C)cc1F. The molecule has 0 saturated carbocycles. The normalized spacial score (nSPS) is 11.4. The number of hydrogen-bond acceptors (Lipinski definition) is 3. The molecule has 0 atom stereocenters. The lowest BCUT2D eigenvalue weighted by Crippen LogP contribution is -2.15. The van der Waals surface area contributed by atoms with E-state index < -0.39 is 15.8 Å². The molecule has 0 unspecified atom stereocenters. The third-order valence-corrected chi connectivity index (χ3v) is 4.86. The molecule has 0 saturated heterocycles. The number of anilines is 2. The van der Waals surface area contributed by atoms with E-state index in [1.807, 2.05) is 0 Å². The Kier molecular flexibility index (Phi) is 4.11. The highest BCUT2D eigenvalue weighted by atomic mass is 35.5. The Morgan fingerprint density at radius 3 is 2.43 bits per heavy atom. The van der Waals surface area contributed by atoms with Crippen LogP contribution in [0.5, 0.6) is 0 Å². The van der Waals surface area contributed by atoms with Gasteiger partial charge in [0.1, 0.15) is 5.82 Å². The maximum atomic E-state index is 13.5. The van der Waals surface area contributed by atoms with Crippen LogP contribution in [0.4, 0.5) is 15.8 Å². The molecule has 7 heteroatoms. The lowest BCUT2D eigenvalue weighted by molar-refractivity contribution is 0.600. The van der Waals surface area contributed by atoms with E-state index in [1.165, 1.54) is 24.3 Å². The van der Waals surface area contributed by atoms with E-state index in [0.717, 1.165) is 6.07 Å². The number of nitrogen functional groups attached to an aromatic ring is 1. The average molecular weight is 329 g/mol. The molecule has 0 aliphatic heterocycles. The van der Waals surface area contributed by atoms with E-state index in [2.05, 4.69) is 4.72 Å². The van der Waals surface area contributed by atoms with Gasteiger partial charge in [-0.25, -0.2) is 12.8 Å². The summed E-state index contributed by atoms with van der Waals surface area (Å²) in [5.74, 6) is -0.484. The molecule has 0 aromatic heterocycles. The Morgan fingerprint density at radius 1 is 1.14 bits per heavy atom. The van der Waals surface area contributed by atoms with Crippen molar-refractivity contribution in [3.8, 4) is 0 Å². The summed E-state index contributed by atoms with van der Waals surface area (Å²) < 4.78 is 40.5. The molecule has 0 bridgehead atoms. The van der Waals surface area contributed by atoms with E-state index in [4.69, 9.17) is 17.3 Å². The van der Waals surface area contributed by atoms with E-state index in [1.54, 1.807) is 13.8 Å². The predicted molar refractivity (Wildman–Crippen MR) is 82.5 cm³/mol. The maximum absolute atomic E-state index is 13.5. The minimum atomic E-state index is -3.87. The van der Waals surface area contributed by atoms with Crippen LogP contribution in [0.2, 0.25) is 5.02 Å². The number of sulfonamides is 1. The van der Waals surface area contributed by atoms with Gasteiger partial charge in [-0.3, -0.25) is 4.72 Å². The average Bonchev–Trinajstić information content (AvgIpc) is 2.37. The standard InChI is InChI=1S/C14H14ClFN2O2S/c1-8-3-4-10(6-12(8)16)18-21(19,20)14-7-13(17)11(15)5-9(14)2/h3-7,18H,17H2,1-2H3. The minimum absolute atomic E-state index is 0.00498. The van der Waals surface area contributed by atoms with Crippen molar-refractivity contribution in [1.82, 2.24) is 0 Å². The number of nitrogens with two attached hydrogens (primary N) is 1. The Labute approximate surface area is 127 Å². The number of benzene rings is 2. The van der Waals surface area contributed by atoms with Gasteiger partial charge in [0, 0.05) is 0 Å². The van der Waals surface area contributed by atoms with Crippen molar-refractivity contribution in [3.63, 3.8) is 0 Å². The molecule has 3 N–H and O–H groups in total. The van der Waals surface area contributed by atoms with Gasteiger partial charge < -0.3 is 5.73 Å². The number of halogens is 2. The van der Waals surface area contributed by atoms with Crippen LogP contribution in [0.15, 0.2) is 35.2 Å². The van der Waals surface area contributed by atoms with Crippen LogP contribution >= 0.6 is 11.6 Å². The number of nitrogens with one attached hydrogen (secondary N) is 1. The zero-order chi connectivity index (χ0) is 15.8. The van der Waals surface area contributed by atoms with Crippen molar-refractivity contribution in [1.29, 1.82) is 0 Å². The van der Waals surface area contributed by atoms with Gasteiger partial charge >= 0.3 is 0 Å². The highest BCUT2D eigenvalue weighted by molar-refractivity contribution is 7.92. The molecule has 0 amide bonds. The van der Waals surface area contributed by atoms with Gasteiger partial charge in [0.05, 0.1) is 21.3 Å². The summed E-state index contributed by atoms with van der Waals surface area (Å²) in [6.45, 7) is 3.20. The third kappa shape index (κ3) is 3.28. The zero-order valence-electron chi connectivity index (χ0n) is 11.4. The summed E-state index contributed by atoms with van der Waals surface area (Å²) in [6.07, 6.45) is 0. The summed E-state index contributed by atoms with van der Waals surface area (Å²) in [5.41, 5.74) is 6.84. The molecule has 0 aliphatic carbocycles. The van der Waals surface area contributed by atoms with Gasteiger partial charge in [-0.05, 0) is 49.2 Å². The van der Waals surface area contributed by atoms with Crippen LogP contribution in [0.3, 0.4) is 0 Å². The summed E-state index contributed by atoms with van der Waals surface area (Å²) in [6, 6.07) is 6.87. The minimum Gasteiger partial charge on any atom is -0.397 e. The van der Waals surface area contributed by atoms with Gasteiger partial charge in [0.2, 0.25) is 0 Å². The second kappa shape index (κ2) is 5.54. The summed E-state index contributed by atoms with van der Waals surface area (Å²) >= 11 is 5.84. The smallest absolute Gasteiger partial charge is 0.262 e. The van der Waals surface area contributed by atoms with Crippen LogP contribution < -0.4 is 10.5 Å². The van der Waals surface area contributed by atoms with E-state index in [0.29, 0.717) is 11.1 Å². The van der Waals surface area contributed by atoms with Crippen molar-refractivity contribution in [2.75, 3.05) is 10.5 Å². The number of rotatable bonds is 3. The molecule has 0 radical (unpaired) electrons. The second-order valence-corrected chi connectivity index (χ2v) is 6.77. The van der Waals surface area contributed by atoms with Crippen molar-refractivity contribution in [2.24, 2.45) is 0 Å². The fourth-order valence-electron chi connectivity index (χ4n) is 1.82. The molecule has 2 aromatic rings. The van der Waals surface area contributed by atoms with Gasteiger partial charge in [0.25, 0.3) is 10.0 Å². The molecule has 21 heavy (non-hydrogen) atoms. The molecule has 0 heterocycles. The Hall–Kier alpha value is -1.79. The highest BCUT2D eigenvalue weighted by Crippen LogP contribution is 2.27. The molecule has 0 spiro atoms. The predicted octanol–water partition coefficient (Wildman–Crippen LogP) is 3.48. The van der Waals surface area contributed by atoms with Crippen LogP contribution in [0.1, 0.15) is 11.1 Å². The van der Waals surface area contributed by atoms with E-state index in [9.17, 15) is 12.8 Å². The van der Waals surface area contributed by atoms with Crippen molar-refractivity contribution < 1.29 is 12.8 Å². The quantitative estimate of drug-likeness (QED) is 0.847. The van der Waals surface area contributed by atoms with Gasteiger partial charge in [-0.1, -0.05) is 17.7 Å². The lowest BCUT2D eigenvalue weighted by atomic mass is 10.2. The highest BCUT2D eigenvalue weighted by Gasteiger charge is 2.19. The molecular formula is C14H14ClFN2O2S. The van der Waals surface area contributed by atoms with E-state index >= 15 is 0 Å². The Bertz CT molecular complexity index is 807. The summed E-state index contributed by atoms with van der Waals surface area (Å²) in [4.78, 5) is 0.00498. The van der Waals surface area contributed by atoms with Gasteiger partial charge in [-0.2, -0.15) is 0 Å². The van der Waals surface area contributed by atoms with Crippen molar-refractivity contribution >= 4 is 33.0 Å². The monoisotopic (exact) mass is 328 g/mol.